The predicted octanol–water partition coefficient (Wildman–Crippen LogP) is 1.92. The first kappa shape index (κ1) is 17.3. The molecule has 1 fully saturated rings. The standard InChI is InChI=1S/C12H22N2O4S2/c1-4-12(2,3)20(17,18)11(14-13)19(15,16)10-8-6-5-7-9-10/h10H,4-9H2,1-3H3. The van der Waals surface area contributed by atoms with Gasteiger partial charge in [0, 0.05) is 0 Å². The normalized spacial score (nSPS) is 18.6. The van der Waals surface area contributed by atoms with Crippen molar-refractivity contribution in [3.05, 3.63) is 5.53 Å². The molecule has 0 spiro atoms. The predicted molar refractivity (Wildman–Crippen MR) is 77.7 cm³/mol. The number of hydrogen-bond donors (Lipinski definition) is 0. The van der Waals surface area contributed by atoms with Crippen molar-refractivity contribution in [3.8, 4) is 0 Å². The SMILES string of the molecule is CCC(C)(C)S(=O)(=O)C(=[N+]=[N-])S(=O)(=O)C1CCCCC1. The molecule has 0 heterocycles. The van der Waals surface area contributed by atoms with Gasteiger partial charge in [0.05, 0.1) is 10.00 Å². The third-order valence-corrected chi connectivity index (χ3v) is 9.68. The molecule has 0 aromatic rings. The van der Waals surface area contributed by atoms with Gasteiger partial charge in [-0.2, -0.15) is 0 Å². The highest BCUT2D eigenvalue weighted by Gasteiger charge is 2.52. The molecule has 8 heteroatoms. The number of rotatable bonds is 3. The van der Waals surface area contributed by atoms with Gasteiger partial charge in [-0.15, -0.1) is 4.79 Å². The van der Waals surface area contributed by atoms with E-state index in [1.165, 1.54) is 13.8 Å². The average molecular weight is 322 g/mol. The first-order chi connectivity index (χ1) is 9.11. The summed E-state index contributed by atoms with van der Waals surface area (Å²) in [7, 11) is -8.31. The molecule has 0 aromatic carbocycles. The molecule has 1 aliphatic carbocycles. The molecular formula is C12H22N2O4S2. The van der Waals surface area contributed by atoms with E-state index in [2.05, 4.69) is 4.79 Å². The molecule has 0 N–H and O–H groups in total. The summed E-state index contributed by atoms with van der Waals surface area (Å²) < 4.78 is 47.4. The van der Waals surface area contributed by atoms with E-state index >= 15 is 0 Å². The van der Waals surface area contributed by atoms with Crippen LogP contribution in [-0.4, -0.2) is 36.0 Å². The van der Waals surface area contributed by atoms with Crippen molar-refractivity contribution >= 4 is 24.1 Å². The molecule has 1 rings (SSSR count). The molecule has 0 atom stereocenters. The summed E-state index contributed by atoms with van der Waals surface area (Å²) in [5.74, 6) is 0. The Morgan fingerprint density at radius 1 is 1.15 bits per heavy atom. The molecule has 116 valence electrons. The van der Waals surface area contributed by atoms with Crippen molar-refractivity contribution in [2.75, 3.05) is 0 Å². The fourth-order valence-electron chi connectivity index (χ4n) is 2.21. The molecule has 0 radical (unpaired) electrons. The maximum atomic E-state index is 12.5. The summed E-state index contributed by atoms with van der Waals surface area (Å²) in [6.07, 6.45) is 3.52. The van der Waals surface area contributed by atoms with Gasteiger partial charge < -0.3 is 5.53 Å². The van der Waals surface area contributed by atoms with E-state index in [0.717, 1.165) is 19.3 Å². The van der Waals surface area contributed by atoms with Crippen molar-refractivity contribution in [1.82, 2.24) is 0 Å². The highest BCUT2D eigenvalue weighted by molar-refractivity contribution is 8.31. The molecule has 0 amide bonds. The minimum absolute atomic E-state index is 0.231. The van der Waals surface area contributed by atoms with Crippen molar-refractivity contribution < 1.29 is 21.6 Å². The minimum atomic E-state index is -4.20. The summed E-state index contributed by atoms with van der Waals surface area (Å²) in [4.78, 5) is 2.66. The summed E-state index contributed by atoms with van der Waals surface area (Å²) in [6.45, 7) is 4.52. The molecule has 0 aromatic heterocycles. The first-order valence-electron chi connectivity index (χ1n) is 6.82. The Kier molecular flexibility index (Phi) is 5.16. The smallest absolute Gasteiger partial charge is 0.359 e. The summed E-state index contributed by atoms with van der Waals surface area (Å²) in [5.41, 5.74) is 9.02. The highest BCUT2D eigenvalue weighted by Crippen LogP contribution is 2.29. The lowest BCUT2D eigenvalue weighted by atomic mass is 10.0. The Balaban J connectivity index is 3.31. The van der Waals surface area contributed by atoms with Crippen LogP contribution >= 0.6 is 0 Å². The van der Waals surface area contributed by atoms with Crippen LogP contribution in [0.5, 0.6) is 0 Å². The quantitative estimate of drug-likeness (QED) is 0.342. The van der Waals surface area contributed by atoms with Crippen LogP contribution in [-0.2, 0) is 19.7 Å². The van der Waals surface area contributed by atoms with Gasteiger partial charge >= 0.3 is 4.38 Å². The van der Waals surface area contributed by atoms with Gasteiger partial charge in [-0.05, 0) is 33.1 Å². The van der Waals surface area contributed by atoms with E-state index in [1.54, 1.807) is 6.92 Å². The lowest BCUT2D eigenvalue weighted by Crippen LogP contribution is -2.44. The fourth-order valence-corrected chi connectivity index (χ4v) is 6.83. The Hall–Kier alpha value is -0.720. The van der Waals surface area contributed by atoms with E-state index in [0.29, 0.717) is 12.8 Å². The number of nitrogens with zero attached hydrogens (tertiary/aromatic N) is 2. The van der Waals surface area contributed by atoms with E-state index < -0.39 is 34.0 Å². The van der Waals surface area contributed by atoms with Crippen LogP contribution in [0, 0.1) is 0 Å². The van der Waals surface area contributed by atoms with Crippen LogP contribution in [0.25, 0.3) is 5.53 Å². The topological polar surface area (TPSA) is 105 Å². The fraction of sp³-hybridized carbons (Fsp3) is 0.917. The van der Waals surface area contributed by atoms with E-state index in [4.69, 9.17) is 5.53 Å². The van der Waals surface area contributed by atoms with Crippen molar-refractivity contribution in [1.29, 1.82) is 0 Å². The average Bonchev–Trinajstić information content (AvgIpc) is 2.39. The zero-order valence-corrected chi connectivity index (χ0v) is 13.8. The lowest BCUT2D eigenvalue weighted by molar-refractivity contribution is 0.00353. The van der Waals surface area contributed by atoms with Gasteiger partial charge in [-0.1, -0.05) is 26.2 Å². The molecule has 1 aliphatic rings. The van der Waals surface area contributed by atoms with E-state index in [9.17, 15) is 16.8 Å². The molecule has 0 saturated heterocycles. The van der Waals surface area contributed by atoms with Crippen LogP contribution in [0.15, 0.2) is 0 Å². The summed E-state index contributed by atoms with van der Waals surface area (Å²) >= 11 is 0. The van der Waals surface area contributed by atoms with Crippen LogP contribution in [0.2, 0.25) is 0 Å². The van der Waals surface area contributed by atoms with Crippen LogP contribution < -0.4 is 0 Å². The Labute approximate surface area is 121 Å². The third kappa shape index (κ3) is 2.97. The van der Waals surface area contributed by atoms with Crippen LogP contribution in [0.3, 0.4) is 0 Å². The molecular weight excluding hydrogens is 300 g/mol. The van der Waals surface area contributed by atoms with E-state index in [-0.39, 0.29) is 6.42 Å². The minimum Gasteiger partial charge on any atom is -0.359 e. The number of hydrogen-bond acceptors (Lipinski definition) is 4. The third-order valence-electron chi connectivity index (χ3n) is 4.12. The van der Waals surface area contributed by atoms with Crippen molar-refractivity contribution in [3.63, 3.8) is 0 Å². The second-order valence-electron chi connectivity index (χ2n) is 5.79. The largest absolute Gasteiger partial charge is 0.495 e. The maximum absolute atomic E-state index is 12.5. The second kappa shape index (κ2) is 5.95. The van der Waals surface area contributed by atoms with Gasteiger partial charge in [-0.25, -0.2) is 16.8 Å². The number of sulfone groups is 2. The van der Waals surface area contributed by atoms with Gasteiger partial charge in [0.2, 0.25) is 0 Å². The first-order valence-corrected chi connectivity index (χ1v) is 9.84. The van der Waals surface area contributed by atoms with Crippen molar-refractivity contribution in [2.24, 2.45) is 0 Å². The maximum Gasteiger partial charge on any atom is 0.495 e. The molecule has 0 bridgehead atoms. The highest BCUT2D eigenvalue weighted by atomic mass is 32.3. The molecule has 0 unspecified atom stereocenters. The Morgan fingerprint density at radius 2 is 1.65 bits per heavy atom. The molecule has 1 saturated carbocycles. The van der Waals surface area contributed by atoms with Gasteiger partial charge in [-0.3, -0.25) is 0 Å². The molecule has 0 aliphatic heterocycles. The monoisotopic (exact) mass is 322 g/mol. The van der Waals surface area contributed by atoms with Crippen LogP contribution in [0.1, 0.15) is 59.3 Å². The Morgan fingerprint density at radius 3 is 2.05 bits per heavy atom. The second-order valence-corrected chi connectivity index (χ2v) is 10.7. The molecule has 20 heavy (non-hydrogen) atoms. The van der Waals surface area contributed by atoms with Gasteiger partial charge in [0.1, 0.15) is 0 Å². The summed E-state index contributed by atoms with van der Waals surface area (Å²) in [5, 5.41) is -0.760. The zero-order chi connectivity index (χ0) is 15.6. The van der Waals surface area contributed by atoms with Crippen molar-refractivity contribution in [2.45, 2.75) is 69.3 Å². The lowest BCUT2D eigenvalue weighted by Gasteiger charge is -2.23. The molecule has 6 nitrogen and oxygen atoms in total. The van der Waals surface area contributed by atoms with E-state index in [1.807, 2.05) is 0 Å². The van der Waals surface area contributed by atoms with Gasteiger partial charge in [0.15, 0.2) is 0 Å². The van der Waals surface area contributed by atoms with Gasteiger partial charge in [0.25, 0.3) is 19.7 Å². The summed E-state index contributed by atoms with van der Waals surface area (Å²) in [6, 6.07) is 0. The Bertz CT molecular complexity index is 608. The zero-order valence-electron chi connectivity index (χ0n) is 12.2. The van der Waals surface area contributed by atoms with Crippen LogP contribution in [0.4, 0.5) is 0 Å².